The van der Waals surface area contributed by atoms with Gasteiger partial charge in [-0.3, -0.25) is 0 Å². The Kier molecular flexibility index (Phi) is 4.09. The highest BCUT2D eigenvalue weighted by Gasteiger charge is 2.10. The first-order valence-electron chi connectivity index (χ1n) is 5.58. The molecule has 6 heteroatoms. The summed E-state index contributed by atoms with van der Waals surface area (Å²) < 4.78 is 3.00. The van der Waals surface area contributed by atoms with Crippen molar-refractivity contribution in [2.24, 2.45) is 12.8 Å². The molecule has 1 atom stereocenters. The highest BCUT2D eigenvalue weighted by molar-refractivity contribution is 9.10. The van der Waals surface area contributed by atoms with Gasteiger partial charge in [-0.2, -0.15) is 0 Å². The molecular formula is C12H15BrN4S. The Hall–Kier alpha value is -0.850. The van der Waals surface area contributed by atoms with E-state index in [1.165, 1.54) is 0 Å². The van der Waals surface area contributed by atoms with Crippen LogP contribution >= 0.6 is 27.7 Å². The molecule has 1 aromatic heterocycles. The largest absolute Gasteiger partial charge is 0.324 e. The third-order valence-corrected chi connectivity index (χ3v) is 4.44. The van der Waals surface area contributed by atoms with E-state index in [1.807, 2.05) is 31.5 Å². The van der Waals surface area contributed by atoms with E-state index in [9.17, 15) is 0 Å². The number of halogens is 1. The number of aromatic nitrogens is 3. The van der Waals surface area contributed by atoms with Crippen molar-refractivity contribution >= 4 is 27.7 Å². The standard InChI is InChI=1S/C12H15BrN4S/c1-7(14)10-5-4-9(6-11(10)13)18-12-16-15-8(2)17(12)3/h4-7H,14H2,1-3H3/t7-/m1/s1. The summed E-state index contributed by atoms with van der Waals surface area (Å²) >= 11 is 5.14. The summed E-state index contributed by atoms with van der Waals surface area (Å²) in [5, 5.41) is 9.06. The zero-order valence-corrected chi connectivity index (χ0v) is 12.9. The van der Waals surface area contributed by atoms with Gasteiger partial charge in [0.1, 0.15) is 5.82 Å². The normalized spacial score (nSPS) is 12.7. The van der Waals surface area contributed by atoms with Crippen LogP contribution < -0.4 is 5.73 Å². The summed E-state index contributed by atoms with van der Waals surface area (Å²) in [5.41, 5.74) is 6.99. The Morgan fingerprint density at radius 2 is 2.11 bits per heavy atom. The monoisotopic (exact) mass is 326 g/mol. The Balaban J connectivity index is 2.25. The van der Waals surface area contributed by atoms with E-state index in [0.29, 0.717) is 0 Å². The van der Waals surface area contributed by atoms with Gasteiger partial charge in [0.05, 0.1) is 0 Å². The molecule has 0 fully saturated rings. The molecule has 0 saturated carbocycles. The maximum absolute atomic E-state index is 5.88. The fourth-order valence-corrected chi connectivity index (χ4v) is 3.29. The number of nitrogens with zero attached hydrogens (tertiary/aromatic N) is 3. The van der Waals surface area contributed by atoms with Crippen LogP contribution in [0.5, 0.6) is 0 Å². The second-order valence-corrected chi connectivity index (χ2v) is 6.06. The Morgan fingerprint density at radius 3 is 2.61 bits per heavy atom. The van der Waals surface area contributed by atoms with Crippen LogP contribution in [0, 0.1) is 6.92 Å². The van der Waals surface area contributed by atoms with Crippen molar-refractivity contribution in [3.8, 4) is 0 Å². The van der Waals surface area contributed by atoms with Crippen LogP contribution in [0.4, 0.5) is 0 Å². The molecule has 4 nitrogen and oxygen atoms in total. The van der Waals surface area contributed by atoms with Crippen molar-refractivity contribution in [2.75, 3.05) is 0 Å². The van der Waals surface area contributed by atoms with Gasteiger partial charge in [0.15, 0.2) is 5.16 Å². The van der Waals surface area contributed by atoms with Crippen molar-refractivity contribution in [1.29, 1.82) is 0 Å². The van der Waals surface area contributed by atoms with E-state index in [4.69, 9.17) is 5.73 Å². The van der Waals surface area contributed by atoms with E-state index in [1.54, 1.807) is 11.8 Å². The Bertz CT molecular complexity index is 565. The number of hydrogen-bond donors (Lipinski definition) is 1. The van der Waals surface area contributed by atoms with Crippen molar-refractivity contribution < 1.29 is 0 Å². The molecule has 0 radical (unpaired) electrons. The molecule has 0 amide bonds. The first-order valence-corrected chi connectivity index (χ1v) is 7.19. The molecule has 2 aromatic rings. The molecule has 0 aliphatic heterocycles. The number of aryl methyl sites for hydroxylation is 1. The first-order chi connectivity index (χ1) is 8.49. The van der Waals surface area contributed by atoms with Gasteiger partial charge in [0, 0.05) is 22.5 Å². The minimum absolute atomic E-state index is 0.0236. The summed E-state index contributed by atoms with van der Waals surface area (Å²) in [4.78, 5) is 1.11. The Labute approximate surface area is 119 Å². The van der Waals surface area contributed by atoms with Crippen LogP contribution in [-0.2, 0) is 7.05 Å². The SMILES string of the molecule is Cc1nnc(Sc2ccc([C@@H](C)N)c(Br)c2)n1C. The van der Waals surface area contributed by atoms with Crippen LogP contribution in [0.3, 0.4) is 0 Å². The van der Waals surface area contributed by atoms with Gasteiger partial charge in [-0.05, 0) is 43.3 Å². The lowest BCUT2D eigenvalue weighted by Gasteiger charge is -2.09. The molecule has 0 saturated heterocycles. The quantitative estimate of drug-likeness (QED) is 0.941. The summed E-state index contributed by atoms with van der Waals surface area (Å²) in [6.45, 7) is 3.91. The van der Waals surface area contributed by atoms with Gasteiger partial charge in [-0.25, -0.2) is 0 Å². The molecule has 96 valence electrons. The number of rotatable bonds is 3. The van der Waals surface area contributed by atoms with Crippen molar-refractivity contribution in [1.82, 2.24) is 14.8 Å². The van der Waals surface area contributed by atoms with Crippen LogP contribution in [0.25, 0.3) is 0 Å². The molecular weight excluding hydrogens is 312 g/mol. The van der Waals surface area contributed by atoms with Gasteiger partial charge in [-0.15, -0.1) is 10.2 Å². The second kappa shape index (κ2) is 5.42. The van der Waals surface area contributed by atoms with Crippen LogP contribution in [-0.4, -0.2) is 14.8 Å². The predicted molar refractivity (Wildman–Crippen MR) is 76.6 cm³/mol. The van der Waals surface area contributed by atoms with E-state index in [-0.39, 0.29) is 6.04 Å². The minimum Gasteiger partial charge on any atom is -0.324 e. The molecule has 18 heavy (non-hydrogen) atoms. The fourth-order valence-electron chi connectivity index (χ4n) is 1.52. The minimum atomic E-state index is 0.0236. The smallest absolute Gasteiger partial charge is 0.195 e. The Morgan fingerprint density at radius 1 is 1.39 bits per heavy atom. The molecule has 0 bridgehead atoms. The third kappa shape index (κ3) is 2.76. The van der Waals surface area contributed by atoms with Gasteiger partial charge in [0.25, 0.3) is 0 Å². The maximum Gasteiger partial charge on any atom is 0.195 e. The van der Waals surface area contributed by atoms with E-state index < -0.39 is 0 Å². The summed E-state index contributed by atoms with van der Waals surface area (Å²) in [7, 11) is 1.96. The molecule has 0 spiro atoms. The van der Waals surface area contributed by atoms with Gasteiger partial charge in [-0.1, -0.05) is 22.0 Å². The summed E-state index contributed by atoms with van der Waals surface area (Å²) in [5.74, 6) is 0.906. The van der Waals surface area contributed by atoms with Crippen molar-refractivity contribution in [3.63, 3.8) is 0 Å². The second-order valence-electron chi connectivity index (χ2n) is 4.16. The lowest BCUT2D eigenvalue weighted by atomic mass is 10.1. The van der Waals surface area contributed by atoms with E-state index in [0.717, 1.165) is 25.9 Å². The molecule has 0 aliphatic rings. The number of hydrogen-bond acceptors (Lipinski definition) is 4. The fraction of sp³-hybridized carbons (Fsp3) is 0.333. The van der Waals surface area contributed by atoms with Crippen molar-refractivity contribution in [2.45, 2.75) is 29.9 Å². The highest BCUT2D eigenvalue weighted by Crippen LogP contribution is 2.31. The lowest BCUT2D eigenvalue weighted by Crippen LogP contribution is -2.05. The summed E-state index contributed by atoms with van der Waals surface area (Å²) in [6, 6.07) is 6.18. The van der Waals surface area contributed by atoms with Crippen LogP contribution in [0.2, 0.25) is 0 Å². The number of nitrogens with two attached hydrogens (primary N) is 1. The van der Waals surface area contributed by atoms with Crippen LogP contribution in [0.1, 0.15) is 24.4 Å². The number of benzene rings is 1. The highest BCUT2D eigenvalue weighted by atomic mass is 79.9. The van der Waals surface area contributed by atoms with Gasteiger partial charge < -0.3 is 10.3 Å². The average molecular weight is 327 g/mol. The summed E-state index contributed by atoms with van der Waals surface area (Å²) in [6.07, 6.45) is 0. The lowest BCUT2D eigenvalue weighted by molar-refractivity contribution is 0.765. The van der Waals surface area contributed by atoms with Gasteiger partial charge in [0.2, 0.25) is 0 Å². The molecule has 2 N–H and O–H groups in total. The average Bonchev–Trinajstić information content (AvgIpc) is 2.61. The predicted octanol–water partition coefficient (Wildman–Crippen LogP) is 3.06. The van der Waals surface area contributed by atoms with E-state index in [2.05, 4.69) is 38.3 Å². The first kappa shape index (κ1) is 13.6. The third-order valence-electron chi connectivity index (χ3n) is 2.72. The maximum atomic E-state index is 5.88. The molecule has 1 heterocycles. The molecule has 0 aliphatic carbocycles. The van der Waals surface area contributed by atoms with Crippen molar-refractivity contribution in [3.05, 3.63) is 34.1 Å². The topological polar surface area (TPSA) is 56.7 Å². The molecule has 0 unspecified atom stereocenters. The zero-order chi connectivity index (χ0) is 13.3. The van der Waals surface area contributed by atoms with Crippen LogP contribution in [0.15, 0.2) is 32.7 Å². The molecule has 1 aromatic carbocycles. The van der Waals surface area contributed by atoms with E-state index >= 15 is 0 Å². The van der Waals surface area contributed by atoms with Gasteiger partial charge >= 0.3 is 0 Å². The zero-order valence-electron chi connectivity index (χ0n) is 10.5. The molecule has 2 rings (SSSR count).